The number of rotatable bonds is 2. The highest BCUT2D eigenvalue weighted by Crippen LogP contribution is 2.31. The van der Waals surface area contributed by atoms with Crippen molar-refractivity contribution in [1.82, 2.24) is 9.38 Å². The lowest BCUT2D eigenvalue weighted by Gasteiger charge is -2.15. The van der Waals surface area contributed by atoms with Gasteiger partial charge in [0.05, 0.1) is 23.7 Å². The molecule has 0 bridgehead atoms. The molecule has 3 aromatic carbocycles. The van der Waals surface area contributed by atoms with Crippen molar-refractivity contribution >= 4 is 43.3 Å². The maximum Gasteiger partial charge on any atom is 0.281 e. The summed E-state index contributed by atoms with van der Waals surface area (Å²) in [5.74, 6) is 0.799. The fourth-order valence-electron chi connectivity index (χ4n) is 3.63. The monoisotopic (exact) mass is 430 g/mol. The number of hydrogen-bond donors (Lipinski definition) is 0. The van der Waals surface area contributed by atoms with Gasteiger partial charge in [0.2, 0.25) is 0 Å². The number of hydrogen-bond acceptors (Lipinski definition) is 3. The zero-order valence-corrected chi connectivity index (χ0v) is 16.6. The van der Waals surface area contributed by atoms with E-state index >= 15 is 0 Å². The lowest BCUT2D eigenvalue weighted by molar-refractivity contribution is 0.415. The molecule has 5 rings (SSSR count). The highest BCUT2D eigenvalue weighted by molar-refractivity contribution is 9.10. The molecule has 5 heteroatoms. The van der Waals surface area contributed by atoms with Gasteiger partial charge in [0.15, 0.2) is 0 Å². The summed E-state index contributed by atoms with van der Waals surface area (Å²) in [6, 6.07) is 23.8. The van der Waals surface area contributed by atoms with Crippen LogP contribution in [0.4, 0.5) is 0 Å². The molecule has 2 aromatic heterocycles. The number of aromatic nitrogens is 2. The predicted molar refractivity (Wildman–Crippen MR) is 116 cm³/mol. The van der Waals surface area contributed by atoms with Gasteiger partial charge in [0.1, 0.15) is 11.4 Å². The molecule has 0 atom stereocenters. The number of halogens is 1. The molecule has 0 radical (unpaired) electrons. The number of benzene rings is 3. The highest BCUT2D eigenvalue weighted by atomic mass is 79.9. The van der Waals surface area contributed by atoms with Gasteiger partial charge in [-0.25, -0.2) is 0 Å². The van der Waals surface area contributed by atoms with Crippen LogP contribution in [0.3, 0.4) is 0 Å². The molecule has 0 aliphatic rings. The first-order valence-corrected chi connectivity index (χ1v) is 9.63. The Hall–Kier alpha value is -3.18. The Bertz CT molecular complexity index is 1420. The van der Waals surface area contributed by atoms with Crippen LogP contribution in [0.2, 0.25) is 0 Å². The second-order valence-corrected chi connectivity index (χ2v) is 7.50. The Balaban J connectivity index is 2.01. The van der Waals surface area contributed by atoms with Gasteiger partial charge in [-0.3, -0.25) is 9.20 Å². The van der Waals surface area contributed by atoms with E-state index in [9.17, 15) is 4.79 Å². The summed E-state index contributed by atoms with van der Waals surface area (Å²) in [5, 5.41) is 2.57. The SMILES string of the molecule is COc1ccc(-c2cc3ccccc3c3nc(=O)c4cc(Br)ccc4n23)cc1. The van der Waals surface area contributed by atoms with Crippen LogP contribution in [-0.4, -0.2) is 16.5 Å². The van der Waals surface area contributed by atoms with E-state index in [1.807, 2.05) is 66.7 Å². The Morgan fingerprint density at radius 2 is 1.71 bits per heavy atom. The molecule has 0 aliphatic carbocycles. The lowest BCUT2D eigenvalue weighted by atomic mass is 10.1. The first-order chi connectivity index (χ1) is 13.7. The summed E-state index contributed by atoms with van der Waals surface area (Å²) in [6.07, 6.45) is 0. The molecule has 0 N–H and O–H groups in total. The second-order valence-electron chi connectivity index (χ2n) is 6.58. The minimum Gasteiger partial charge on any atom is -0.497 e. The molecule has 0 spiro atoms. The number of nitrogens with zero attached hydrogens (tertiary/aromatic N) is 2. The van der Waals surface area contributed by atoms with E-state index in [1.54, 1.807) is 7.11 Å². The van der Waals surface area contributed by atoms with Crippen LogP contribution in [0.5, 0.6) is 5.75 Å². The van der Waals surface area contributed by atoms with Gasteiger partial charge in [-0.05, 0) is 59.5 Å². The molecule has 5 aromatic rings. The van der Waals surface area contributed by atoms with Gasteiger partial charge in [0, 0.05) is 9.86 Å². The van der Waals surface area contributed by atoms with E-state index in [-0.39, 0.29) is 5.56 Å². The molecule has 0 saturated heterocycles. The zero-order valence-electron chi connectivity index (χ0n) is 15.0. The van der Waals surface area contributed by atoms with Gasteiger partial charge < -0.3 is 4.74 Å². The molecule has 4 nitrogen and oxygen atoms in total. The van der Waals surface area contributed by atoms with Gasteiger partial charge >= 0.3 is 0 Å². The third-order valence-corrected chi connectivity index (χ3v) is 5.46. The highest BCUT2D eigenvalue weighted by Gasteiger charge is 2.14. The fourth-order valence-corrected chi connectivity index (χ4v) is 3.99. The molecule has 0 unspecified atom stereocenters. The third kappa shape index (κ3) is 2.59. The summed E-state index contributed by atoms with van der Waals surface area (Å²) in [5.41, 5.74) is 3.24. The van der Waals surface area contributed by atoms with Gasteiger partial charge in [0.25, 0.3) is 5.56 Å². The molecule has 136 valence electrons. The van der Waals surface area contributed by atoms with Crippen LogP contribution in [0, 0.1) is 0 Å². The van der Waals surface area contributed by atoms with E-state index in [0.29, 0.717) is 11.0 Å². The van der Waals surface area contributed by atoms with Gasteiger partial charge in [-0.15, -0.1) is 0 Å². The van der Waals surface area contributed by atoms with Crippen molar-refractivity contribution < 1.29 is 4.74 Å². The standard InChI is InChI=1S/C23H15BrN2O2/c1-28-17-9-6-14(7-10-17)21-12-15-4-2-3-5-18(15)22-25-23(27)19-13-16(24)8-11-20(19)26(21)22/h2-13H,1H3. The van der Waals surface area contributed by atoms with E-state index in [1.165, 1.54) is 0 Å². The Kier molecular flexibility index (Phi) is 3.91. The minimum atomic E-state index is -0.228. The van der Waals surface area contributed by atoms with Crippen molar-refractivity contribution in [3.63, 3.8) is 0 Å². The van der Waals surface area contributed by atoms with Crippen LogP contribution in [0.25, 0.3) is 38.6 Å². The average Bonchev–Trinajstić information content (AvgIpc) is 2.73. The molecule has 0 fully saturated rings. The van der Waals surface area contributed by atoms with Crippen molar-refractivity contribution in [3.05, 3.63) is 87.6 Å². The van der Waals surface area contributed by atoms with Gasteiger partial charge in [-0.1, -0.05) is 40.2 Å². The topological polar surface area (TPSA) is 43.6 Å². The average molecular weight is 431 g/mol. The van der Waals surface area contributed by atoms with Crippen molar-refractivity contribution in [2.75, 3.05) is 7.11 Å². The Morgan fingerprint density at radius 1 is 0.929 bits per heavy atom. The van der Waals surface area contributed by atoms with Crippen molar-refractivity contribution in [1.29, 1.82) is 0 Å². The quantitative estimate of drug-likeness (QED) is 0.350. The molecular weight excluding hydrogens is 416 g/mol. The summed E-state index contributed by atoms with van der Waals surface area (Å²) < 4.78 is 8.21. The summed E-state index contributed by atoms with van der Waals surface area (Å²) in [4.78, 5) is 17.2. The normalized spacial score (nSPS) is 11.4. The summed E-state index contributed by atoms with van der Waals surface area (Å²) in [6.45, 7) is 0. The first kappa shape index (κ1) is 17.0. The van der Waals surface area contributed by atoms with Crippen molar-refractivity contribution in [3.8, 4) is 17.0 Å². The smallest absolute Gasteiger partial charge is 0.281 e. The van der Waals surface area contributed by atoms with Crippen molar-refractivity contribution in [2.24, 2.45) is 0 Å². The maximum atomic E-state index is 12.8. The molecule has 0 amide bonds. The van der Waals surface area contributed by atoms with Crippen LogP contribution in [0.1, 0.15) is 0 Å². The second kappa shape index (κ2) is 6.46. The van der Waals surface area contributed by atoms with Crippen molar-refractivity contribution in [2.45, 2.75) is 0 Å². The Labute approximate surface area is 169 Å². The number of ether oxygens (including phenoxy) is 1. The summed E-state index contributed by atoms with van der Waals surface area (Å²) in [7, 11) is 1.65. The summed E-state index contributed by atoms with van der Waals surface area (Å²) >= 11 is 3.46. The fraction of sp³-hybridized carbons (Fsp3) is 0.0435. The van der Waals surface area contributed by atoms with E-state index < -0.39 is 0 Å². The number of pyridine rings is 1. The van der Waals surface area contributed by atoms with E-state index in [4.69, 9.17) is 4.74 Å². The van der Waals surface area contributed by atoms with E-state index in [2.05, 4.69) is 31.4 Å². The molecular formula is C23H15BrN2O2. The zero-order chi connectivity index (χ0) is 19.3. The lowest BCUT2D eigenvalue weighted by Crippen LogP contribution is -2.12. The largest absolute Gasteiger partial charge is 0.497 e. The maximum absolute atomic E-state index is 12.8. The Morgan fingerprint density at radius 3 is 2.50 bits per heavy atom. The van der Waals surface area contributed by atoms with Crippen LogP contribution >= 0.6 is 15.9 Å². The minimum absolute atomic E-state index is 0.228. The molecule has 28 heavy (non-hydrogen) atoms. The molecule has 0 aliphatic heterocycles. The van der Waals surface area contributed by atoms with Crippen LogP contribution < -0.4 is 10.3 Å². The predicted octanol–water partition coefficient (Wildman–Crippen LogP) is 5.44. The van der Waals surface area contributed by atoms with E-state index in [0.717, 1.165) is 37.8 Å². The first-order valence-electron chi connectivity index (χ1n) is 8.84. The number of methoxy groups -OCH3 is 1. The third-order valence-electron chi connectivity index (χ3n) is 4.97. The van der Waals surface area contributed by atoms with Crippen LogP contribution in [-0.2, 0) is 0 Å². The molecule has 2 heterocycles. The molecule has 0 saturated carbocycles. The number of fused-ring (bicyclic) bond motifs is 5. The van der Waals surface area contributed by atoms with Gasteiger partial charge in [-0.2, -0.15) is 4.98 Å². The van der Waals surface area contributed by atoms with Crippen LogP contribution in [0.15, 0.2) is 82.1 Å².